The molecule has 10 nitrogen and oxygen atoms in total. The van der Waals surface area contributed by atoms with Gasteiger partial charge in [-0.1, -0.05) is 12.2 Å². The number of fused-ring (bicyclic) bond motifs is 1. The summed E-state index contributed by atoms with van der Waals surface area (Å²) in [4.78, 5) is 40.0. The summed E-state index contributed by atoms with van der Waals surface area (Å²) in [7, 11) is 4.49. The van der Waals surface area contributed by atoms with Gasteiger partial charge in [-0.25, -0.2) is 0 Å². The van der Waals surface area contributed by atoms with Crippen molar-refractivity contribution >= 4 is 34.8 Å². The average molecular weight is 494 g/mol. The molecule has 0 aliphatic carbocycles. The molecule has 2 N–H and O–H groups in total. The maximum atomic E-state index is 13.6. The van der Waals surface area contributed by atoms with E-state index in [1.807, 2.05) is 12.2 Å². The Kier molecular flexibility index (Phi) is 5.83. The van der Waals surface area contributed by atoms with E-state index in [0.29, 0.717) is 40.9 Å². The number of methoxy groups -OCH3 is 3. The van der Waals surface area contributed by atoms with Crippen LogP contribution in [0.1, 0.15) is 6.92 Å². The van der Waals surface area contributed by atoms with Crippen LogP contribution < -0.4 is 29.7 Å². The lowest BCUT2D eigenvalue weighted by atomic mass is 9.77. The molecule has 2 aromatic carbocycles. The molecule has 0 radical (unpaired) electrons. The second kappa shape index (κ2) is 8.87. The second-order valence-corrected chi connectivity index (χ2v) is 8.96. The van der Waals surface area contributed by atoms with Crippen LogP contribution in [0.2, 0.25) is 0 Å². The van der Waals surface area contributed by atoms with Crippen molar-refractivity contribution in [3.63, 3.8) is 0 Å². The molecule has 3 aliphatic heterocycles. The maximum absolute atomic E-state index is 13.6. The van der Waals surface area contributed by atoms with Gasteiger partial charge in [0, 0.05) is 36.1 Å². The third-order valence-electron chi connectivity index (χ3n) is 6.83. The van der Waals surface area contributed by atoms with Crippen molar-refractivity contribution in [1.29, 1.82) is 0 Å². The number of benzene rings is 2. The van der Waals surface area contributed by atoms with Crippen molar-refractivity contribution in [2.75, 3.05) is 43.4 Å². The maximum Gasteiger partial charge on any atom is 0.234 e. The molecule has 188 valence electrons. The van der Waals surface area contributed by atoms with Crippen LogP contribution in [0.4, 0.5) is 17.1 Å². The predicted octanol–water partition coefficient (Wildman–Crippen LogP) is 2.60. The Bertz CT molecular complexity index is 1230. The third kappa shape index (κ3) is 3.74. The lowest BCUT2D eigenvalue weighted by Gasteiger charge is -2.24. The molecule has 1 spiro atoms. The number of hydrogen-bond donors (Lipinski definition) is 2. The van der Waals surface area contributed by atoms with E-state index in [2.05, 4.69) is 10.6 Å². The predicted molar refractivity (Wildman–Crippen MR) is 132 cm³/mol. The Labute approximate surface area is 208 Å². The van der Waals surface area contributed by atoms with Crippen LogP contribution in [0.15, 0.2) is 48.6 Å². The molecule has 36 heavy (non-hydrogen) atoms. The van der Waals surface area contributed by atoms with Gasteiger partial charge in [0.25, 0.3) is 0 Å². The quantitative estimate of drug-likeness (QED) is 0.570. The molecule has 10 heteroatoms. The number of hydrogen-bond acceptors (Lipinski definition) is 7. The van der Waals surface area contributed by atoms with Gasteiger partial charge in [-0.05, 0) is 24.3 Å². The lowest BCUT2D eigenvalue weighted by molar-refractivity contribution is -0.128. The summed E-state index contributed by atoms with van der Waals surface area (Å²) in [6.45, 7) is 1.73. The van der Waals surface area contributed by atoms with Gasteiger partial charge >= 0.3 is 0 Å². The molecule has 0 aromatic heterocycles. The first-order valence-electron chi connectivity index (χ1n) is 11.5. The van der Waals surface area contributed by atoms with E-state index >= 15 is 0 Å². The van der Waals surface area contributed by atoms with Crippen molar-refractivity contribution in [2.45, 2.75) is 18.6 Å². The van der Waals surface area contributed by atoms with Crippen molar-refractivity contribution < 1.29 is 33.3 Å². The van der Waals surface area contributed by atoms with Crippen molar-refractivity contribution in [3.8, 4) is 17.2 Å². The molecular formula is C26H27N3O7. The third-order valence-corrected chi connectivity index (χ3v) is 6.83. The number of anilines is 3. The minimum Gasteiger partial charge on any atom is -0.493 e. The number of amides is 3. The summed E-state index contributed by atoms with van der Waals surface area (Å²) >= 11 is 0. The highest BCUT2D eigenvalue weighted by molar-refractivity contribution is 6.05. The molecule has 2 saturated heterocycles. The van der Waals surface area contributed by atoms with Crippen LogP contribution in [0, 0.1) is 11.8 Å². The van der Waals surface area contributed by atoms with Crippen LogP contribution in [0.3, 0.4) is 0 Å². The first kappa shape index (κ1) is 23.7. The Morgan fingerprint density at radius 2 is 1.67 bits per heavy atom. The fourth-order valence-electron chi connectivity index (χ4n) is 5.32. The molecule has 2 fully saturated rings. The minimum atomic E-state index is -0.866. The fourth-order valence-corrected chi connectivity index (χ4v) is 5.32. The summed E-state index contributed by atoms with van der Waals surface area (Å²) in [5.74, 6) is -0.841. The largest absolute Gasteiger partial charge is 0.493 e. The van der Waals surface area contributed by atoms with Crippen molar-refractivity contribution in [1.82, 2.24) is 0 Å². The van der Waals surface area contributed by atoms with Gasteiger partial charge in [0.2, 0.25) is 23.5 Å². The monoisotopic (exact) mass is 493 g/mol. The van der Waals surface area contributed by atoms with Crippen molar-refractivity contribution in [3.05, 3.63) is 48.6 Å². The number of ether oxygens (including phenoxy) is 4. The molecule has 0 unspecified atom stereocenters. The van der Waals surface area contributed by atoms with Gasteiger partial charge < -0.3 is 34.5 Å². The van der Waals surface area contributed by atoms with E-state index in [0.717, 1.165) is 0 Å². The standard InChI is InChI=1S/C26H27N3O7/c1-14(30)27-15-5-7-17(8-6-15)29-13-26-10-9-18(36-26)21(22(26)25(29)32)24(31)28-16-11-19(33-2)23(35-4)20(12-16)34-3/h5-12,18,21-22H,13H2,1-4H3,(H,27,30)(H,28,31)/t18-,21+,22-,26-/m0/s1. The minimum absolute atomic E-state index is 0.176. The highest BCUT2D eigenvalue weighted by atomic mass is 16.5. The zero-order valence-electron chi connectivity index (χ0n) is 20.4. The van der Waals surface area contributed by atoms with Gasteiger partial charge in [0.05, 0.1) is 45.8 Å². The normalized spacial score (nSPS) is 25.5. The molecule has 2 bridgehead atoms. The lowest BCUT2D eigenvalue weighted by Crippen LogP contribution is -2.41. The highest BCUT2D eigenvalue weighted by Gasteiger charge is 2.67. The van der Waals surface area contributed by atoms with Crippen LogP contribution in [-0.4, -0.2) is 57.3 Å². The summed E-state index contributed by atoms with van der Waals surface area (Å²) in [5, 5.41) is 5.61. The van der Waals surface area contributed by atoms with Crippen LogP contribution in [0.5, 0.6) is 17.2 Å². The van der Waals surface area contributed by atoms with Crippen LogP contribution >= 0.6 is 0 Å². The Balaban J connectivity index is 1.39. The Morgan fingerprint density at radius 1 is 1.00 bits per heavy atom. The number of carbonyl (C=O) groups is 3. The zero-order valence-corrected chi connectivity index (χ0v) is 20.4. The molecule has 3 aliphatic rings. The van der Waals surface area contributed by atoms with Crippen LogP contribution in [-0.2, 0) is 19.1 Å². The van der Waals surface area contributed by atoms with E-state index in [1.54, 1.807) is 41.3 Å². The van der Waals surface area contributed by atoms with E-state index < -0.39 is 23.5 Å². The number of carbonyl (C=O) groups excluding carboxylic acids is 3. The molecule has 0 saturated carbocycles. The summed E-state index contributed by atoms with van der Waals surface area (Å²) in [6, 6.07) is 10.3. The summed E-state index contributed by atoms with van der Waals surface area (Å²) in [5.41, 5.74) is 0.888. The first-order valence-corrected chi connectivity index (χ1v) is 11.5. The van der Waals surface area contributed by atoms with Crippen LogP contribution in [0.25, 0.3) is 0 Å². The second-order valence-electron chi connectivity index (χ2n) is 8.96. The van der Waals surface area contributed by atoms with Gasteiger partial charge in [-0.2, -0.15) is 0 Å². The molecule has 3 heterocycles. The number of nitrogens with zero attached hydrogens (tertiary/aromatic N) is 1. The summed E-state index contributed by atoms with van der Waals surface area (Å²) < 4.78 is 22.3. The van der Waals surface area contributed by atoms with E-state index in [4.69, 9.17) is 18.9 Å². The van der Waals surface area contributed by atoms with Gasteiger partial charge in [0.15, 0.2) is 11.5 Å². The van der Waals surface area contributed by atoms with E-state index in [9.17, 15) is 14.4 Å². The van der Waals surface area contributed by atoms with Gasteiger partial charge in [-0.3, -0.25) is 14.4 Å². The summed E-state index contributed by atoms with van der Waals surface area (Å²) in [6.07, 6.45) is 3.26. The fraction of sp³-hybridized carbons (Fsp3) is 0.346. The first-order chi connectivity index (χ1) is 17.3. The molecular weight excluding hydrogens is 466 g/mol. The van der Waals surface area contributed by atoms with Gasteiger partial charge in [-0.15, -0.1) is 0 Å². The highest BCUT2D eigenvalue weighted by Crippen LogP contribution is 2.53. The van der Waals surface area contributed by atoms with Gasteiger partial charge in [0.1, 0.15) is 5.60 Å². The number of rotatable bonds is 7. The Morgan fingerprint density at radius 3 is 2.25 bits per heavy atom. The topological polar surface area (TPSA) is 115 Å². The molecule has 4 atom stereocenters. The number of nitrogens with one attached hydrogen (secondary N) is 2. The van der Waals surface area contributed by atoms with Crippen molar-refractivity contribution in [2.24, 2.45) is 11.8 Å². The van der Waals surface area contributed by atoms with E-state index in [1.165, 1.54) is 28.3 Å². The smallest absolute Gasteiger partial charge is 0.234 e. The molecule has 5 rings (SSSR count). The SMILES string of the molecule is COc1cc(NC(=O)[C@@H]2[C@@H]3C=C[C@@]4(CN(c5ccc(NC(C)=O)cc5)C(=O)[C@H]24)O3)cc(OC)c1OC. The van der Waals surface area contributed by atoms with E-state index in [-0.39, 0.29) is 17.7 Å². The Hall–Kier alpha value is -4.05. The molecule has 3 amide bonds. The molecule has 2 aromatic rings. The average Bonchev–Trinajstić information content (AvgIpc) is 3.51. The zero-order chi connectivity index (χ0) is 25.6.